The first-order valence-corrected chi connectivity index (χ1v) is 6.52. The van der Waals surface area contributed by atoms with Crippen LogP contribution in [0.4, 0.5) is 15.8 Å². The van der Waals surface area contributed by atoms with Gasteiger partial charge in [0.05, 0.1) is 16.1 Å². The second kappa shape index (κ2) is 5.23. The molecule has 1 heterocycles. The smallest absolute Gasteiger partial charge is 0.341 e. The Balaban J connectivity index is 2.33. The van der Waals surface area contributed by atoms with E-state index in [-0.39, 0.29) is 11.1 Å². The largest absolute Gasteiger partial charge is 0.478 e. The average molecular weight is 330 g/mol. The number of carbonyl (C=O) groups excluding carboxylic acids is 2. The summed E-state index contributed by atoms with van der Waals surface area (Å²) in [5, 5.41) is 20.4. The number of carboxylic acids is 1. The van der Waals surface area contributed by atoms with Crippen molar-refractivity contribution in [2.75, 3.05) is 4.90 Å². The Morgan fingerprint density at radius 1 is 1.08 bits per heavy atom. The minimum absolute atomic E-state index is 0.0441. The SMILES string of the molecule is O=C(O)c1c(F)ccc([N+](=O)[O-])c1N1C(=O)c2ccccc2C1=O. The summed E-state index contributed by atoms with van der Waals surface area (Å²) in [5.74, 6) is -5.03. The second-order valence-corrected chi connectivity index (χ2v) is 4.84. The third-order valence-electron chi connectivity index (χ3n) is 3.53. The minimum Gasteiger partial charge on any atom is -0.478 e. The monoisotopic (exact) mass is 330 g/mol. The van der Waals surface area contributed by atoms with Gasteiger partial charge >= 0.3 is 5.97 Å². The van der Waals surface area contributed by atoms with Crippen LogP contribution < -0.4 is 4.90 Å². The van der Waals surface area contributed by atoms with Gasteiger partial charge in [0.1, 0.15) is 17.1 Å². The number of nitro benzene ring substituents is 1. The number of hydrogen-bond donors (Lipinski definition) is 1. The lowest BCUT2D eigenvalue weighted by atomic mass is 10.1. The normalized spacial score (nSPS) is 13.1. The van der Waals surface area contributed by atoms with Gasteiger partial charge in [0.15, 0.2) is 0 Å². The number of imide groups is 1. The van der Waals surface area contributed by atoms with Gasteiger partial charge in [-0.05, 0) is 18.2 Å². The van der Waals surface area contributed by atoms with Crippen LogP contribution >= 0.6 is 0 Å². The molecule has 120 valence electrons. The van der Waals surface area contributed by atoms with Crippen molar-refractivity contribution >= 4 is 29.2 Å². The zero-order valence-electron chi connectivity index (χ0n) is 11.7. The summed E-state index contributed by atoms with van der Waals surface area (Å²) in [6.07, 6.45) is 0. The molecule has 0 saturated carbocycles. The van der Waals surface area contributed by atoms with E-state index in [0.29, 0.717) is 17.0 Å². The van der Waals surface area contributed by atoms with Crippen molar-refractivity contribution in [3.05, 3.63) is 69.0 Å². The highest BCUT2D eigenvalue weighted by Crippen LogP contribution is 2.38. The first kappa shape index (κ1) is 15.3. The number of fused-ring (bicyclic) bond motifs is 1. The number of rotatable bonds is 3. The molecular weight excluding hydrogens is 323 g/mol. The number of anilines is 1. The first-order chi connectivity index (χ1) is 11.3. The van der Waals surface area contributed by atoms with Crippen molar-refractivity contribution in [1.29, 1.82) is 0 Å². The molecule has 0 unspecified atom stereocenters. The summed E-state index contributed by atoms with van der Waals surface area (Å²) in [6, 6.07) is 6.91. The number of halogens is 1. The van der Waals surface area contributed by atoms with E-state index in [1.54, 1.807) is 0 Å². The van der Waals surface area contributed by atoms with Crippen LogP contribution in [0.25, 0.3) is 0 Å². The van der Waals surface area contributed by atoms with Crippen LogP contribution in [0, 0.1) is 15.9 Å². The maximum absolute atomic E-state index is 13.9. The predicted octanol–water partition coefficient (Wildman–Crippen LogP) is 2.23. The van der Waals surface area contributed by atoms with E-state index in [1.807, 2.05) is 0 Å². The average Bonchev–Trinajstić information content (AvgIpc) is 2.78. The van der Waals surface area contributed by atoms with Crippen LogP contribution in [0.3, 0.4) is 0 Å². The number of benzene rings is 2. The Hall–Kier alpha value is -3.62. The molecule has 0 fully saturated rings. The van der Waals surface area contributed by atoms with Gasteiger partial charge in [0.2, 0.25) is 0 Å². The minimum atomic E-state index is -1.83. The third-order valence-corrected chi connectivity index (χ3v) is 3.53. The lowest BCUT2D eigenvalue weighted by Gasteiger charge is -2.16. The molecule has 9 heteroatoms. The van der Waals surface area contributed by atoms with Crippen LogP contribution in [0.1, 0.15) is 31.1 Å². The van der Waals surface area contributed by atoms with E-state index in [4.69, 9.17) is 0 Å². The number of carbonyl (C=O) groups is 3. The van der Waals surface area contributed by atoms with Crippen LogP contribution in [0.2, 0.25) is 0 Å². The standard InChI is InChI=1S/C15H7FN2O6/c16-9-5-6-10(18(23)24)12(11(9)15(21)22)17-13(19)7-3-1-2-4-8(7)14(17)20/h1-6H,(H,21,22). The lowest BCUT2D eigenvalue weighted by molar-refractivity contribution is -0.384. The first-order valence-electron chi connectivity index (χ1n) is 6.52. The van der Waals surface area contributed by atoms with Gasteiger partial charge in [-0.2, -0.15) is 0 Å². The van der Waals surface area contributed by atoms with Crippen LogP contribution in [0.15, 0.2) is 36.4 Å². The Kier molecular flexibility index (Phi) is 3.33. The van der Waals surface area contributed by atoms with Gasteiger partial charge in [-0.25, -0.2) is 14.1 Å². The lowest BCUT2D eigenvalue weighted by Crippen LogP contribution is -2.32. The molecule has 24 heavy (non-hydrogen) atoms. The van der Waals surface area contributed by atoms with Crippen LogP contribution in [-0.4, -0.2) is 27.8 Å². The second-order valence-electron chi connectivity index (χ2n) is 4.84. The van der Waals surface area contributed by atoms with Crippen molar-refractivity contribution < 1.29 is 28.8 Å². The van der Waals surface area contributed by atoms with Crippen molar-refractivity contribution in [2.24, 2.45) is 0 Å². The fourth-order valence-corrected chi connectivity index (χ4v) is 2.52. The molecule has 3 rings (SSSR count). The number of carboxylic acid groups (broad SMARTS) is 1. The summed E-state index contributed by atoms with van der Waals surface area (Å²) in [6.45, 7) is 0. The number of hydrogen-bond acceptors (Lipinski definition) is 5. The van der Waals surface area contributed by atoms with Crippen molar-refractivity contribution in [2.45, 2.75) is 0 Å². The molecule has 0 atom stereocenters. The van der Waals surface area contributed by atoms with E-state index in [0.717, 1.165) is 0 Å². The van der Waals surface area contributed by atoms with Gasteiger partial charge in [-0.3, -0.25) is 19.7 Å². The molecule has 2 aromatic carbocycles. The van der Waals surface area contributed by atoms with E-state index in [2.05, 4.69) is 0 Å². The van der Waals surface area contributed by atoms with Gasteiger partial charge in [0, 0.05) is 6.07 Å². The quantitative estimate of drug-likeness (QED) is 0.524. The molecule has 0 aliphatic carbocycles. The van der Waals surface area contributed by atoms with Gasteiger partial charge in [-0.1, -0.05) is 12.1 Å². The van der Waals surface area contributed by atoms with Gasteiger partial charge in [0.25, 0.3) is 17.5 Å². The Labute approximate surface area is 132 Å². The molecule has 8 nitrogen and oxygen atoms in total. The zero-order valence-corrected chi connectivity index (χ0v) is 11.7. The zero-order chi connectivity index (χ0) is 17.6. The highest BCUT2D eigenvalue weighted by atomic mass is 19.1. The van der Waals surface area contributed by atoms with Crippen molar-refractivity contribution in [3.63, 3.8) is 0 Å². The van der Waals surface area contributed by atoms with Crippen LogP contribution in [0.5, 0.6) is 0 Å². The van der Waals surface area contributed by atoms with E-state index < -0.39 is 45.5 Å². The highest BCUT2D eigenvalue weighted by molar-refractivity contribution is 6.36. The number of aromatic carboxylic acids is 1. The Morgan fingerprint density at radius 3 is 2.08 bits per heavy atom. The molecule has 2 aromatic rings. The van der Waals surface area contributed by atoms with Gasteiger partial charge in [-0.15, -0.1) is 0 Å². The van der Waals surface area contributed by atoms with Crippen LogP contribution in [-0.2, 0) is 0 Å². The number of amides is 2. The molecule has 1 N–H and O–H groups in total. The molecule has 0 spiro atoms. The molecule has 1 aliphatic rings. The highest BCUT2D eigenvalue weighted by Gasteiger charge is 2.42. The Bertz CT molecular complexity index is 905. The number of nitrogens with zero attached hydrogens (tertiary/aromatic N) is 2. The molecule has 0 aromatic heterocycles. The molecular formula is C15H7FN2O6. The third kappa shape index (κ3) is 2.02. The summed E-state index contributed by atoms with van der Waals surface area (Å²) >= 11 is 0. The molecule has 1 aliphatic heterocycles. The molecule has 2 amide bonds. The van der Waals surface area contributed by atoms with Crippen molar-refractivity contribution in [1.82, 2.24) is 0 Å². The summed E-state index contributed by atoms with van der Waals surface area (Å²) in [7, 11) is 0. The maximum atomic E-state index is 13.9. The summed E-state index contributed by atoms with van der Waals surface area (Å²) in [4.78, 5) is 46.8. The van der Waals surface area contributed by atoms with Gasteiger partial charge < -0.3 is 5.11 Å². The predicted molar refractivity (Wildman–Crippen MR) is 77.6 cm³/mol. The molecule has 0 radical (unpaired) electrons. The van der Waals surface area contributed by atoms with E-state index in [9.17, 15) is 34.0 Å². The Morgan fingerprint density at radius 2 is 1.62 bits per heavy atom. The summed E-state index contributed by atoms with van der Waals surface area (Å²) < 4.78 is 13.9. The summed E-state index contributed by atoms with van der Waals surface area (Å²) in [5.41, 5.74) is -2.95. The maximum Gasteiger partial charge on any atom is 0.341 e. The van der Waals surface area contributed by atoms with E-state index >= 15 is 0 Å². The fraction of sp³-hybridized carbons (Fsp3) is 0. The molecule has 0 bridgehead atoms. The van der Waals surface area contributed by atoms with Crippen molar-refractivity contribution in [3.8, 4) is 0 Å². The topological polar surface area (TPSA) is 118 Å². The number of nitro groups is 1. The fourth-order valence-electron chi connectivity index (χ4n) is 2.52. The van der Waals surface area contributed by atoms with E-state index in [1.165, 1.54) is 24.3 Å². The molecule has 0 saturated heterocycles.